The van der Waals surface area contributed by atoms with Crippen LogP contribution in [0.25, 0.3) is 0 Å². The van der Waals surface area contributed by atoms with Crippen molar-refractivity contribution in [3.8, 4) is 0 Å². The maximum atomic E-state index is 11.4. The van der Waals surface area contributed by atoms with Crippen LogP contribution >= 0.6 is 0 Å². The fourth-order valence-corrected chi connectivity index (χ4v) is 2.33. The van der Waals surface area contributed by atoms with E-state index in [0.29, 0.717) is 17.8 Å². The summed E-state index contributed by atoms with van der Waals surface area (Å²) in [4.78, 5) is 11.4. The lowest BCUT2D eigenvalue weighted by atomic mass is 10.1. The van der Waals surface area contributed by atoms with Crippen LogP contribution in [0, 0.1) is 0 Å². The van der Waals surface area contributed by atoms with E-state index in [4.69, 9.17) is 4.74 Å². The highest BCUT2D eigenvalue weighted by atomic mass is 16.5. The van der Waals surface area contributed by atoms with Gasteiger partial charge in [-0.1, -0.05) is 12.1 Å². The van der Waals surface area contributed by atoms with Crippen molar-refractivity contribution in [2.24, 2.45) is 0 Å². The first-order chi connectivity index (χ1) is 9.19. The molecule has 1 heterocycles. The highest BCUT2D eigenvalue weighted by Gasteiger charge is 2.20. The number of hydrogen-bond acceptors (Lipinski definition) is 3. The van der Waals surface area contributed by atoms with Crippen molar-refractivity contribution in [3.05, 3.63) is 35.4 Å². The molecule has 0 bridgehead atoms. The predicted molar refractivity (Wildman–Crippen MR) is 75.1 cm³/mol. The third kappa shape index (κ3) is 4.04. The molecule has 0 radical (unpaired) electrons. The minimum atomic E-state index is -0.0483. The molecule has 1 saturated heterocycles. The van der Waals surface area contributed by atoms with Crippen LogP contribution in [0.2, 0.25) is 0 Å². The lowest BCUT2D eigenvalue weighted by molar-refractivity contribution is 0.0559. The summed E-state index contributed by atoms with van der Waals surface area (Å²) in [5, 5.41) is 6.02. The van der Waals surface area contributed by atoms with Crippen LogP contribution in [0.1, 0.15) is 35.7 Å². The fourth-order valence-electron chi connectivity index (χ4n) is 2.33. The van der Waals surface area contributed by atoms with Crippen molar-refractivity contribution >= 4 is 5.91 Å². The Morgan fingerprint density at radius 1 is 1.32 bits per heavy atom. The SMILES string of the molecule is CNC(=O)c1ccc(CNCC2CCC(C)O2)cc1. The van der Waals surface area contributed by atoms with Crippen molar-refractivity contribution in [1.82, 2.24) is 10.6 Å². The Labute approximate surface area is 114 Å². The van der Waals surface area contributed by atoms with Gasteiger partial charge in [-0.25, -0.2) is 0 Å². The van der Waals surface area contributed by atoms with Crippen molar-refractivity contribution in [3.63, 3.8) is 0 Å². The van der Waals surface area contributed by atoms with E-state index in [0.717, 1.165) is 25.9 Å². The van der Waals surface area contributed by atoms with E-state index >= 15 is 0 Å². The first-order valence-electron chi connectivity index (χ1n) is 6.86. The van der Waals surface area contributed by atoms with Gasteiger partial charge in [0.1, 0.15) is 0 Å². The molecule has 1 aliphatic rings. The number of carbonyl (C=O) groups is 1. The largest absolute Gasteiger partial charge is 0.374 e. The maximum Gasteiger partial charge on any atom is 0.251 e. The average Bonchev–Trinajstić information content (AvgIpc) is 2.84. The molecule has 2 unspecified atom stereocenters. The van der Waals surface area contributed by atoms with Crippen molar-refractivity contribution in [2.45, 2.75) is 38.5 Å². The van der Waals surface area contributed by atoms with Crippen molar-refractivity contribution in [2.75, 3.05) is 13.6 Å². The molecule has 4 nitrogen and oxygen atoms in total. The van der Waals surface area contributed by atoms with Gasteiger partial charge in [0.2, 0.25) is 0 Å². The summed E-state index contributed by atoms with van der Waals surface area (Å²) < 4.78 is 5.75. The van der Waals surface area contributed by atoms with Gasteiger partial charge < -0.3 is 15.4 Å². The molecule has 2 rings (SSSR count). The monoisotopic (exact) mass is 262 g/mol. The zero-order chi connectivity index (χ0) is 13.7. The van der Waals surface area contributed by atoms with Crippen LogP contribution in [-0.2, 0) is 11.3 Å². The molecular formula is C15H22N2O2. The summed E-state index contributed by atoms with van der Waals surface area (Å²) in [7, 11) is 1.64. The van der Waals surface area contributed by atoms with Gasteiger partial charge in [-0.05, 0) is 37.5 Å². The fraction of sp³-hybridized carbons (Fsp3) is 0.533. The molecule has 0 saturated carbocycles. The highest BCUT2D eigenvalue weighted by Crippen LogP contribution is 2.18. The minimum absolute atomic E-state index is 0.0483. The lowest BCUT2D eigenvalue weighted by Crippen LogP contribution is -2.26. The number of carbonyl (C=O) groups excluding carboxylic acids is 1. The predicted octanol–water partition coefficient (Wildman–Crippen LogP) is 1.70. The summed E-state index contributed by atoms with van der Waals surface area (Å²) in [5.41, 5.74) is 1.87. The van der Waals surface area contributed by atoms with Gasteiger partial charge in [0.05, 0.1) is 12.2 Å². The highest BCUT2D eigenvalue weighted by molar-refractivity contribution is 5.93. The van der Waals surface area contributed by atoms with Crippen LogP contribution in [0.3, 0.4) is 0 Å². The molecule has 1 amide bonds. The van der Waals surface area contributed by atoms with E-state index in [1.807, 2.05) is 24.3 Å². The molecule has 19 heavy (non-hydrogen) atoms. The standard InChI is InChI=1S/C15H22N2O2/c1-11-3-8-14(19-11)10-17-9-12-4-6-13(7-5-12)15(18)16-2/h4-7,11,14,17H,3,8-10H2,1-2H3,(H,16,18). The van der Waals surface area contributed by atoms with Crippen LogP contribution in [-0.4, -0.2) is 31.7 Å². The first kappa shape index (κ1) is 14.0. The molecule has 2 atom stereocenters. The van der Waals surface area contributed by atoms with E-state index in [2.05, 4.69) is 17.6 Å². The van der Waals surface area contributed by atoms with Crippen LogP contribution in [0.15, 0.2) is 24.3 Å². The van der Waals surface area contributed by atoms with Gasteiger partial charge in [-0.3, -0.25) is 4.79 Å². The van der Waals surface area contributed by atoms with E-state index in [9.17, 15) is 4.79 Å². The second-order valence-electron chi connectivity index (χ2n) is 5.05. The van der Waals surface area contributed by atoms with E-state index < -0.39 is 0 Å². The van der Waals surface area contributed by atoms with Gasteiger partial charge in [0.25, 0.3) is 5.91 Å². The van der Waals surface area contributed by atoms with E-state index in [1.54, 1.807) is 7.05 Å². The molecule has 0 spiro atoms. The van der Waals surface area contributed by atoms with Crippen LogP contribution in [0.5, 0.6) is 0 Å². The Balaban J connectivity index is 1.75. The third-order valence-corrected chi connectivity index (χ3v) is 3.46. The van der Waals surface area contributed by atoms with Crippen molar-refractivity contribution < 1.29 is 9.53 Å². The molecule has 104 valence electrons. The smallest absolute Gasteiger partial charge is 0.251 e. The average molecular weight is 262 g/mol. The Bertz CT molecular complexity index is 417. The Kier molecular flexibility index (Phi) is 4.93. The van der Waals surface area contributed by atoms with Gasteiger partial charge in [0, 0.05) is 25.7 Å². The number of rotatable bonds is 5. The molecule has 1 fully saturated rings. The third-order valence-electron chi connectivity index (χ3n) is 3.46. The zero-order valence-electron chi connectivity index (χ0n) is 11.6. The quantitative estimate of drug-likeness (QED) is 0.849. The Hall–Kier alpha value is -1.39. The number of amides is 1. The molecular weight excluding hydrogens is 240 g/mol. The molecule has 1 aliphatic heterocycles. The summed E-state index contributed by atoms with van der Waals surface area (Å²) in [5.74, 6) is -0.0483. The summed E-state index contributed by atoms with van der Waals surface area (Å²) in [6, 6.07) is 7.67. The summed E-state index contributed by atoms with van der Waals surface area (Å²) in [6.45, 7) is 3.82. The van der Waals surface area contributed by atoms with Gasteiger partial charge in [0.15, 0.2) is 0 Å². The van der Waals surface area contributed by atoms with Gasteiger partial charge in [-0.15, -0.1) is 0 Å². The van der Waals surface area contributed by atoms with Gasteiger partial charge >= 0.3 is 0 Å². The molecule has 4 heteroatoms. The van der Waals surface area contributed by atoms with E-state index in [1.165, 1.54) is 5.56 Å². The number of hydrogen-bond donors (Lipinski definition) is 2. The first-order valence-corrected chi connectivity index (χ1v) is 6.86. The second-order valence-corrected chi connectivity index (χ2v) is 5.05. The van der Waals surface area contributed by atoms with Crippen LogP contribution in [0.4, 0.5) is 0 Å². The molecule has 1 aromatic carbocycles. The number of ether oxygens (including phenoxy) is 1. The van der Waals surface area contributed by atoms with Crippen LogP contribution < -0.4 is 10.6 Å². The molecule has 0 aliphatic carbocycles. The second kappa shape index (κ2) is 6.68. The minimum Gasteiger partial charge on any atom is -0.374 e. The molecule has 2 N–H and O–H groups in total. The zero-order valence-corrected chi connectivity index (χ0v) is 11.6. The van der Waals surface area contributed by atoms with Crippen molar-refractivity contribution in [1.29, 1.82) is 0 Å². The summed E-state index contributed by atoms with van der Waals surface area (Å²) in [6.07, 6.45) is 3.05. The van der Waals surface area contributed by atoms with Gasteiger partial charge in [-0.2, -0.15) is 0 Å². The number of nitrogens with one attached hydrogen (secondary N) is 2. The molecule has 0 aromatic heterocycles. The molecule has 1 aromatic rings. The summed E-state index contributed by atoms with van der Waals surface area (Å²) >= 11 is 0. The lowest BCUT2D eigenvalue weighted by Gasteiger charge is -2.12. The van der Waals surface area contributed by atoms with E-state index in [-0.39, 0.29) is 5.91 Å². The maximum absolute atomic E-state index is 11.4. The number of benzene rings is 1. The topological polar surface area (TPSA) is 50.4 Å². The normalized spacial score (nSPS) is 22.4. The Morgan fingerprint density at radius 2 is 2.05 bits per heavy atom. The Morgan fingerprint density at radius 3 is 2.63 bits per heavy atom.